The topological polar surface area (TPSA) is 87.5 Å². The molecule has 20 rings (SSSR count). The van der Waals surface area contributed by atoms with Crippen LogP contribution in [0.2, 0.25) is 0 Å². The zero-order valence-corrected chi connectivity index (χ0v) is 58.5. The highest BCUT2D eigenvalue weighted by atomic mass is 32.2. The van der Waals surface area contributed by atoms with E-state index in [9.17, 15) is 5.26 Å². The normalized spacial score (nSPS) is 12.6. The standard InChI is InChI=1S/C93H67N7O2S/c1-92(2,3)71-54-78-85(80-66-37-19-24-42-73(66)96(87(71)80)58-29-11-7-12-30-58)86-79(55-72(93(4,5)6)88-81(86)67-38-20-25-43-74(67)97(88)59-31-13-8-14-32-59)95(78)62-51-63(53-65(52-62)103(101,102)64-49-47-57(56-94)48-50-64)100-77-46-28-23-41-70(77)84-90-82(68-39-21-26-44-75(68)98(90)60-33-15-9-16-34-60)89-83(91(84)100)69-40-22-27-45-76(69)99(89)61-35-17-10-18-36-61/h7-55H,1-6H3. The van der Waals surface area contributed by atoms with Crippen LogP contribution in [0.15, 0.2) is 307 Å². The number of fused-ring (bicyclic) bond motifs is 23. The third-order valence-electron chi connectivity index (χ3n) is 21.6. The van der Waals surface area contributed by atoms with Gasteiger partial charge in [0.25, 0.3) is 0 Å². The first kappa shape index (κ1) is 60.3. The van der Waals surface area contributed by atoms with Crippen LogP contribution < -0.4 is 0 Å². The van der Waals surface area contributed by atoms with Gasteiger partial charge >= 0.3 is 0 Å². The summed E-state index contributed by atoms with van der Waals surface area (Å²) >= 11 is 0. The molecule has 20 aromatic rings. The molecule has 0 bridgehead atoms. The van der Waals surface area contributed by atoms with E-state index < -0.39 is 20.7 Å². The number of benzene rings is 14. The van der Waals surface area contributed by atoms with Crippen molar-refractivity contribution >= 4 is 141 Å². The van der Waals surface area contributed by atoms with E-state index in [-0.39, 0.29) is 9.79 Å². The predicted molar refractivity (Wildman–Crippen MR) is 426 cm³/mol. The molecule has 0 atom stereocenters. The Bertz CT molecular complexity index is 6910. The van der Waals surface area contributed by atoms with Crippen molar-refractivity contribution in [2.24, 2.45) is 0 Å². The van der Waals surface area contributed by atoms with Crippen molar-refractivity contribution < 1.29 is 8.42 Å². The third kappa shape index (κ3) is 8.54. The van der Waals surface area contributed by atoms with Crippen LogP contribution in [0, 0.1) is 11.3 Å². The van der Waals surface area contributed by atoms with Crippen molar-refractivity contribution in [2.75, 3.05) is 0 Å². The maximum atomic E-state index is 16.5. The van der Waals surface area contributed by atoms with Gasteiger partial charge in [0.1, 0.15) is 0 Å². The highest BCUT2D eigenvalue weighted by Crippen LogP contribution is 2.54. The second-order valence-electron chi connectivity index (χ2n) is 29.5. The molecule has 0 saturated carbocycles. The van der Waals surface area contributed by atoms with Crippen LogP contribution in [0.3, 0.4) is 0 Å². The van der Waals surface area contributed by atoms with Gasteiger partial charge in [-0.25, -0.2) is 8.42 Å². The number of nitrogens with zero attached hydrogens (tertiary/aromatic N) is 7. The number of hydrogen-bond donors (Lipinski definition) is 0. The highest BCUT2D eigenvalue weighted by Gasteiger charge is 2.35. The molecule has 0 aliphatic carbocycles. The lowest BCUT2D eigenvalue weighted by Gasteiger charge is -2.24. The van der Waals surface area contributed by atoms with Gasteiger partial charge < -0.3 is 27.4 Å². The summed E-state index contributed by atoms with van der Waals surface area (Å²) in [6.07, 6.45) is 0. The van der Waals surface area contributed by atoms with Gasteiger partial charge in [-0.2, -0.15) is 5.26 Å². The predicted octanol–water partition coefficient (Wildman–Crippen LogP) is 23.6. The molecule has 0 amide bonds. The molecule has 0 saturated heterocycles. The Hall–Kier alpha value is -12.7. The average Bonchev–Trinajstić information content (AvgIpc) is 1.51. The van der Waals surface area contributed by atoms with Gasteiger partial charge in [0.05, 0.1) is 87.6 Å². The van der Waals surface area contributed by atoms with Gasteiger partial charge in [-0.15, -0.1) is 0 Å². The minimum atomic E-state index is -4.40. The number of hydrogen-bond acceptors (Lipinski definition) is 3. The molecule has 6 aromatic heterocycles. The second kappa shape index (κ2) is 21.9. The van der Waals surface area contributed by atoms with Crippen LogP contribution in [0.1, 0.15) is 58.2 Å². The Morgan fingerprint density at radius 3 is 0.864 bits per heavy atom. The van der Waals surface area contributed by atoms with Crippen molar-refractivity contribution in [1.82, 2.24) is 27.4 Å². The second-order valence-corrected chi connectivity index (χ2v) is 31.5. The quantitative estimate of drug-likeness (QED) is 0.152. The first-order valence-electron chi connectivity index (χ1n) is 35.2. The summed E-state index contributed by atoms with van der Waals surface area (Å²) < 4.78 is 47.7. The zero-order chi connectivity index (χ0) is 69.5. The summed E-state index contributed by atoms with van der Waals surface area (Å²) in [6, 6.07) is 106. The molecule has 10 heteroatoms. The molecule has 0 fully saturated rings. The molecule has 0 spiro atoms. The van der Waals surface area contributed by atoms with E-state index in [1.165, 1.54) is 0 Å². The summed E-state index contributed by atoms with van der Waals surface area (Å²) in [5.41, 5.74) is 19.5. The van der Waals surface area contributed by atoms with Crippen LogP contribution in [0.4, 0.5) is 0 Å². The molecule has 6 heterocycles. The lowest BCUT2D eigenvalue weighted by molar-refractivity contribution is 0.594. The molecular weight excluding hydrogens is 1280 g/mol. The van der Waals surface area contributed by atoms with Gasteiger partial charge in [-0.1, -0.05) is 205 Å². The molecule has 0 N–H and O–H groups in total. The molecular formula is C93H67N7O2S. The van der Waals surface area contributed by atoms with E-state index in [2.05, 4.69) is 336 Å². The Morgan fingerprint density at radius 2 is 0.544 bits per heavy atom. The number of sulfone groups is 1. The van der Waals surface area contributed by atoms with Crippen LogP contribution >= 0.6 is 0 Å². The minimum Gasteiger partial charge on any atom is -0.309 e. The van der Waals surface area contributed by atoms with Gasteiger partial charge in [-0.3, -0.25) is 0 Å². The van der Waals surface area contributed by atoms with Gasteiger partial charge in [0.2, 0.25) is 9.84 Å². The number of aromatic nitrogens is 6. The van der Waals surface area contributed by atoms with Gasteiger partial charge in [-0.05, 0) is 155 Å². The Morgan fingerprint density at radius 1 is 0.262 bits per heavy atom. The fourth-order valence-corrected chi connectivity index (χ4v) is 18.7. The van der Waals surface area contributed by atoms with Crippen molar-refractivity contribution in [2.45, 2.75) is 62.2 Å². The minimum absolute atomic E-state index is 0.0809. The zero-order valence-electron chi connectivity index (χ0n) is 57.6. The maximum Gasteiger partial charge on any atom is 0.206 e. The lowest BCUT2D eigenvalue weighted by Crippen LogP contribution is -2.14. The van der Waals surface area contributed by atoms with Crippen molar-refractivity contribution in [3.63, 3.8) is 0 Å². The summed E-state index contributed by atoms with van der Waals surface area (Å²) in [4.78, 5) is 0.182. The lowest BCUT2D eigenvalue weighted by atomic mass is 9.83. The summed E-state index contributed by atoms with van der Waals surface area (Å²) in [7, 11) is -4.40. The Kier molecular flexibility index (Phi) is 12.8. The molecule has 0 aliphatic rings. The van der Waals surface area contributed by atoms with Gasteiger partial charge in [0, 0.05) is 98.8 Å². The van der Waals surface area contributed by atoms with Crippen LogP contribution in [0.25, 0.3) is 165 Å². The van der Waals surface area contributed by atoms with Crippen LogP contribution in [-0.4, -0.2) is 35.8 Å². The maximum absolute atomic E-state index is 16.5. The van der Waals surface area contributed by atoms with E-state index in [1.807, 2.05) is 12.1 Å². The number of rotatable bonds is 8. The fraction of sp³-hybridized carbons (Fsp3) is 0.0860. The number of nitriles is 1. The van der Waals surface area contributed by atoms with E-state index >= 15 is 8.42 Å². The smallest absolute Gasteiger partial charge is 0.206 e. The van der Waals surface area contributed by atoms with Crippen molar-refractivity contribution in [3.05, 3.63) is 314 Å². The molecule has 492 valence electrons. The summed E-state index contributed by atoms with van der Waals surface area (Å²) in [5, 5.41) is 23.1. The third-order valence-corrected chi connectivity index (χ3v) is 23.3. The molecule has 0 unspecified atom stereocenters. The van der Waals surface area contributed by atoms with Crippen LogP contribution in [-0.2, 0) is 20.7 Å². The Labute approximate surface area is 594 Å². The summed E-state index contributed by atoms with van der Waals surface area (Å²) in [5.74, 6) is 0. The number of para-hydroxylation sites is 9. The molecule has 14 aromatic carbocycles. The molecule has 0 aliphatic heterocycles. The fourth-order valence-electron chi connectivity index (χ4n) is 17.3. The van der Waals surface area contributed by atoms with E-state index in [1.54, 1.807) is 24.3 Å². The highest BCUT2D eigenvalue weighted by molar-refractivity contribution is 7.91. The molecule has 103 heavy (non-hydrogen) atoms. The van der Waals surface area contributed by atoms with Crippen molar-refractivity contribution in [1.29, 1.82) is 5.26 Å². The largest absolute Gasteiger partial charge is 0.309 e. The van der Waals surface area contributed by atoms with Gasteiger partial charge in [0.15, 0.2) is 0 Å². The first-order chi connectivity index (χ1) is 50.2. The molecule has 0 radical (unpaired) electrons. The van der Waals surface area contributed by atoms with E-state index in [0.717, 1.165) is 165 Å². The average molecular weight is 1350 g/mol. The van der Waals surface area contributed by atoms with E-state index in [0.29, 0.717) is 16.9 Å². The van der Waals surface area contributed by atoms with Crippen LogP contribution in [0.5, 0.6) is 0 Å². The first-order valence-corrected chi connectivity index (χ1v) is 36.7. The van der Waals surface area contributed by atoms with E-state index in [4.69, 9.17) is 0 Å². The van der Waals surface area contributed by atoms with Crippen molar-refractivity contribution in [3.8, 4) is 40.2 Å². The Balaban J connectivity index is 1.04. The molecule has 9 nitrogen and oxygen atoms in total. The SMILES string of the molecule is CC(C)(C)c1cc2c(c3c4c5ccccc5n(-c5ccccc5)c4c(C(C)(C)C)cc3n2-c2cc(-n3c4ccccc4c4c5c(c6ccccc6n5-c5ccccc5)c5c(c6ccccc6n5-c5ccccc5)c43)cc(S(=O)(=O)c3ccc(C#N)cc3)c2)c2c3ccccc3n(-c3ccccc3)c12. The summed E-state index contributed by atoms with van der Waals surface area (Å²) in [6.45, 7) is 13.9. The monoisotopic (exact) mass is 1350 g/mol.